The van der Waals surface area contributed by atoms with Crippen LogP contribution in [-0.4, -0.2) is 25.9 Å². The third-order valence-electron chi connectivity index (χ3n) is 5.40. The number of hydrogen-bond acceptors (Lipinski definition) is 4. The molecule has 4 rings (SSSR count). The van der Waals surface area contributed by atoms with E-state index >= 15 is 0 Å². The van der Waals surface area contributed by atoms with E-state index in [4.69, 9.17) is 0 Å². The van der Waals surface area contributed by atoms with Crippen molar-refractivity contribution in [2.45, 2.75) is 56.1 Å². The Morgan fingerprint density at radius 1 is 1.17 bits per heavy atom. The molecular weight excluding hydrogens is 380 g/mol. The van der Waals surface area contributed by atoms with E-state index in [1.54, 1.807) is 0 Å². The van der Waals surface area contributed by atoms with Crippen molar-refractivity contribution in [3.8, 4) is 11.4 Å². The highest BCUT2D eigenvalue weighted by Crippen LogP contribution is 2.31. The SMILES string of the molecule is CCn1c(S[C@H](C)C(=O)N[C@H]2CCCc3ccccc32)nnc1-c1ccccc1. The van der Waals surface area contributed by atoms with Gasteiger partial charge in [-0.25, -0.2) is 0 Å². The first-order valence-corrected chi connectivity index (χ1v) is 11.1. The topological polar surface area (TPSA) is 59.8 Å². The van der Waals surface area contributed by atoms with E-state index in [9.17, 15) is 4.79 Å². The zero-order chi connectivity index (χ0) is 20.2. The number of nitrogens with zero attached hydrogens (tertiary/aromatic N) is 3. The Morgan fingerprint density at radius 3 is 2.72 bits per heavy atom. The molecule has 150 valence electrons. The van der Waals surface area contributed by atoms with Gasteiger partial charge in [-0.2, -0.15) is 0 Å². The highest BCUT2D eigenvalue weighted by atomic mass is 32.2. The molecular formula is C23H26N4OS. The monoisotopic (exact) mass is 406 g/mol. The maximum atomic E-state index is 12.9. The number of aryl methyl sites for hydroxylation is 1. The maximum Gasteiger partial charge on any atom is 0.233 e. The normalized spacial score (nSPS) is 16.8. The molecule has 0 bridgehead atoms. The summed E-state index contributed by atoms with van der Waals surface area (Å²) in [5.41, 5.74) is 3.64. The van der Waals surface area contributed by atoms with Crippen LogP contribution < -0.4 is 5.32 Å². The van der Waals surface area contributed by atoms with Gasteiger partial charge < -0.3 is 9.88 Å². The first-order valence-electron chi connectivity index (χ1n) is 10.2. The molecule has 29 heavy (non-hydrogen) atoms. The van der Waals surface area contributed by atoms with Crippen LogP contribution in [-0.2, 0) is 17.8 Å². The molecule has 5 nitrogen and oxygen atoms in total. The van der Waals surface area contributed by atoms with Gasteiger partial charge in [0.05, 0.1) is 11.3 Å². The first kappa shape index (κ1) is 19.7. The summed E-state index contributed by atoms with van der Waals surface area (Å²) >= 11 is 1.47. The molecule has 0 saturated heterocycles. The van der Waals surface area contributed by atoms with E-state index in [1.165, 1.54) is 22.9 Å². The zero-order valence-electron chi connectivity index (χ0n) is 16.8. The van der Waals surface area contributed by atoms with Crippen molar-refractivity contribution >= 4 is 17.7 Å². The Labute approximate surface area is 175 Å². The summed E-state index contributed by atoms with van der Waals surface area (Å²) in [6.45, 7) is 4.76. The Hall–Kier alpha value is -2.60. The number of aromatic nitrogens is 3. The predicted octanol–water partition coefficient (Wildman–Crippen LogP) is 4.64. The van der Waals surface area contributed by atoms with E-state index in [0.29, 0.717) is 0 Å². The van der Waals surface area contributed by atoms with E-state index < -0.39 is 0 Å². The molecule has 1 aliphatic carbocycles. The van der Waals surface area contributed by atoms with E-state index in [0.717, 1.165) is 42.4 Å². The van der Waals surface area contributed by atoms with Gasteiger partial charge in [0.15, 0.2) is 11.0 Å². The quantitative estimate of drug-likeness (QED) is 0.606. The van der Waals surface area contributed by atoms with Crippen molar-refractivity contribution in [1.29, 1.82) is 0 Å². The van der Waals surface area contributed by atoms with Crippen molar-refractivity contribution in [2.24, 2.45) is 0 Å². The fourth-order valence-electron chi connectivity index (χ4n) is 3.87. The molecule has 1 aliphatic rings. The molecule has 0 spiro atoms. The number of thioether (sulfide) groups is 1. The van der Waals surface area contributed by atoms with Crippen molar-refractivity contribution in [2.75, 3.05) is 0 Å². The summed E-state index contributed by atoms with van der Waals surface area (Å²) in [7, 11) is 0. The molecule has 1 N–H and O–H groups in total. The minimum Gasteiger partial charge on any atom is -0.348 e. The number of benzene rings is 2. The molecule has 1 aromatic heterocycles. The fourth-order valence-corrected chi connectivity index (χ4v) is 4.79. The van der Waals surface area contributed by atoms with E-state index in [1.807, 2.05) is 37.3 Å². The van der Waals surface area contributed by atoms with Crippen molar-refractivity contribution in [3.63, 3.8) is 0 Å². The van der Waals surface area contributed by atoms with Gasteiger partial charge in [0, 0.05) is 12.1 Å². The Kier molecular flexibility index (Phi) is 6.00. The Balaban J connectivity index is 1.47. The largest absolute Gasteiger partial charge is 0.348 e. The molecule has 0 saturated carbocycles. The number of fused-ring (bicyclic) bond motifs is 1. The number of carbonyl (C=O) groups is 1. The van der Waals surface area contributed by atoms with E-state index in [-0.39, 0.29) is 17.2 Å². The summed E-state index contributed by atoms with van der Waals surface area (Å²) in [4.78, 5) is 12.9. The standard InChI is InChI=1S/C23H26N4OS/c1-3-27-21(18-11-5-4-6-12-18)25-26-23(27)29-16(2)22(28)24-20-15-9-13-17-10-7-8-14-19(17)20/h4-8,10-12,14,16,20H,3,9,13,15H2,1-2H3,(H,24,28)/t16-,20+/m1/s1. The van der Waals surface area contributed by atoms with Gasteiger partial charge >= 0.3 is 0 Å². The van der Waals surface area contributed by atoms with E-state index in [2.05, 4.69) is 51.3 Å². The lowest BCUT2D eigenvalue weighted by atomic mass is 9.88. The van der Waals surface area contributed by atoms with Crippen LogP contribution in [0.4, 0.5) is 0 Å². The highest BCUT2D eigenvalue weighted by Gasteiger charge is 2.25. The number of rotatable bonds is 6. The molecule has 2 aromatic carbocycles. The minimum absolute atomic E-state index is 0.0450. The molecule has 1 amide bonds. The van der Waals surface area contributed by atoms with Crippen LogP contribution >= 0.6 is 11.8 Å². The summed E-state index contributed by atoms with van der Waals surface area (Å²) in [6, 6.07) is 18.6. The molecule has 3 aromatic rings. The van der Waals surface area contributed by atoms with Crippen LogP contribution in [0.2, 0.25) is 0 Å². The lowest BCUT2D eigenvalue weighted by molar-refractivity contribution is -0.121. The van der Waals surface area contributed by atoms with Gasteiger partial charge in [-0.3, -0.25) is 4.79 Å². The van der Waals surface area contributed by atoms with Gasteiger partial charge in [0.25, 0.3) is 0 Å². The second-order valence-corrected chi connectivity index (χ2v) is 8.64. The lowest BCUT2D eigenvalue weighted by Crippen LogP contribution is -2.36. The molecule has 1 heterocycles. The average molecular weight is 407 g/mol. The summed E-state index contributed by atoms with van der Waals surface area (Å²) < 4.78 is 2.07. The molecule has 6 heteroatoms. The van der Waals surface area contributed by atoms with Gasteiger partial charge in [-0.15, -0.1) is 10.2 Å². The van der Waals surface area contributed by atoms with Crippen molar-refractivity contribution < 1.29 is 4.79 Å². The smallest absolute Gasteiger partial charge is 0.233 e. The minimum atomic E-state index is -0.248. The van der Waals surface area contributed by atoms with Crippen LogP contribution in [0.1, 0.15) is 43.9 Å². The molecule has 2 atom stereocenters. The molecule has 0 fully saturated rings. The van der Waals surface area contributed by atoms with Crippen LogP contribution in [0.3, 0.4) is 0 Å². The summed E-state index contributed by atoms with van der Waals surface area (Å²) in [5, 5.41) is 12.5. The number of hydrogen-bond donors (Lipinski definition) is 1. The molecule has 0 aliphatic heterocycles. The van der Waals surface area contributed by atoms with Crippen molar-refractivity contribution in [1.82, 2.24) is 20.1 Å². The van der Waals surface area contributed by atoms with Crippen LogP contribution in [0.5, 0.6) is 0 Å². The van der Waals surface area contributed by atoms with Gasteiger partial charge in [-0.05, 0) is 44.2 Å². The maximum absolute atomic E-state index is 12.9. The third-order valence-corrected chi connectivity index (χ3v) is 6.48. The van der Waals surface area contributed by atoms with Crippen LogP contribution in [0, 0.1) is 0 Å². The number of carbonyl (C=O) groups excluding carboxylic acids is 1. The first-order chi connectivity index (χ1) is 14.2. The van der Waals surface area contributed by atoms with Gasteiger partial charge in [-0.1, -0.05) is 66.4 Å². The molecule has 0 unspecified atom stereocenters. The van der Waals surface area contributed by atoms with Crippen LogP contribution in [0.15, 0.2) is 59.8 Å². The second kappa shape index (κ2) is 8.82. The fraction of sp³-hybridized carbons (Fsp3) is 0.348. The summed E-state index contributed by atoms with van der Waals surface area (Å²) in [6.07, 6.45) is 3.19. The average Bonchev–Trinajstić information content (AvgIpc) is 3.17. The Morgan fingerprint density at radius 2 is 1.93 bits per heavy atom. The summed E-state index contributed by atoms with van der Waals surface area (Å²) in [5.74, 6) is 0.882. The lowest BCUT2D eigenvalue weighted by Gasteiger charge is -2.27. The van der Waals surface area contributed by atoms with Crippen LogP contribution in [0.25, 0.3) is 11.4 Å². The number of nitrogens with one attached hydrogen (secondary N) is 1. The Bertz CT molecular complexity index is 986. The molecule has 0 radical (unpaired) electrons. The predicted molar refractivity (Wildman–Crippen MR) is 117 cm³/mol. The van der Waals surface area contributed by atoms with Crippen molar-refractivity contribution in [3.05, 3.63) is 65.7 Å². The third kappa shape index (κ3) is 4.22. The van der Waals surface area contributed by atoms with Gasteiger partial charge in [0.1, 0.15) is 0 Å². The zero-order valence-corrected chi connectivity index (χ0v) is 17.7. The highest BCUT2D eigenvalue weighted by molar-refractivity contribution is 8.00. The second-order valence-electron chi connectivity index (χ2n) is 7.33. The van der Waals surface area contributed by atoms with Gasteiger partial charge in [0.2, 0.25) is 5.91 Å². The number of amides is 1.